The Morgan fingerprint density at radius 1 is 0.778 bits per heavy atom. The van der Waals surface area contributed by atoms with Gasteiger partial charge < -0.3 is 14.2 Å². The van der Waals surface area contributed by atoms with Gasteiger partial charge in [0, 0.05) is 5.56 Å². The highest BCUT2D eigenvalue weighted by atomic mass is 35.5. The van der Waals surface area contributed by atoms with Crippen LogP contribution in [-0.2, 0) is 9.53 Å². The van der Waals surface area contributed by atoms with Crippen molar-refractivity contribution >= 4 is 41.0 Å². The first kappa shape index (κ1) is 27.3. The van der Waals surface area contributed by atoms with Crippen LogP contribution < -0.4 is 9.47 Å². The molecule has 3 aromatic carbocycles. The zero-order chi connectivity index (χ0) is 26.5. The third-order valence-electron chi connectivity index (χ3n) is 4.86. The van der Waals surface area contributed by atoms with Crippen molar-refractivity contribution in [2.75, 3.05) is 0 Å². The van der Waals surface area contributed by atoms with Gasteiger partial charge in [0.15, 0.2) is 11.4 Å². The largest absolute Gasteiger partial charge is 0.475 e. The van der Waals surface area contributed by atoms with Crippen LogP contribution in [0.4, 0.5) is 0 Å². The van der Waals surface area contributed by atoms with E-state index in [1.165, 1.54) is 6.08 Å². The molecule has 0 fully saturated rings. The lowest BCUT2D eigenvalue weighted by Gasteiger charge is -2.29. The van der Waals surface area contributed by atoms with Gasteiger partial charge in [0.1, 0.15) is 27.9 Å². The first-order valence-corrected chi connectivity index (χ1v) is 12.1. The summed E-state index contributed by atoms with van der Waals surface area (Å²) in [6, 6.07) is 19.5. The van der Waals surface area contributed by atoms with Crippen molar-refractivity contribution in [1.82, 2.24) is 0 Å². The molecule has 36 heavy (non-hydrogen) atoms. The predicted octanol–water partition coefficient (Wildman–Crippen LogP) is 8.18. The minimum absolute atomic E-state index is 0.130. The minimum atomic E-state index is -1.29. The number of ketones is 1. The van der Waals surface area contributed by atoms with Crippen LogP contribution in [0.2, 0.25) is 10.0 Å². The van der Waals surface area contributed by atoms with E-state index in [0.29, 0.717) is 22.6 Å². The van der Waals surface area contributed by atoms with E-state index in [1.807, 2.05) is 30.3 Å². The topological polar surface area (TPSA) is 61.8 Å². The number of carbonyl (C=O) groups is 2. The fourth-order valence-electron chi connectivity index (χ4n) is 3.05. The molecule has 0 heterocycles. The zero-order valence-corrected chi connectivity index (χ0v) is 22.3. The van der Waals surface area contributed by atoms with Crippen LogP contribution >= 0.6 is 23.2 Å². The summed E-state index contributed by atoms with van der Waals surface area (Å²) < 4.78 is 17.0. The predicted molar refractivity (Wildman–Crippen MR) is 143 cm³/mol. The maximum atomic E-state index is 12.6. The molecule has 7 heteroatoms. The molecule has 0 amide bonds. The quantitative estimate of drug-likeness (QED) is 0.168. The van der Waals surface area contributed by atoms with Gasteiger partial charge in [-0.25, -0.2) is 4.79 Å². The molecule has 0 saturated heterocycles. The van der Waals surface area contributed by atoms with Crippen molar-refractivity contribution in [2.45, 2.75) is 45.8 Å². The van der Waals surface area contributed by atoms with Crippen molar-refractivity contribution in [3.8, 4) is 17.2 Å². The van der Waals surface area contributed by atoms with Gasteiger partial charge in [-0.05, 0) is 101 Å². The number of hydrogen-bond donors (Lipinski definition) is 0. The molecule has 0 saturated carbocycles. The van der Waals surface area contributed by atoms with Gasteiger partial charge in [0.05, 0.1) is 5.02 Å². The van der Waals surface area contributed by atoms with Crippen molar-refractivity contribution in [1.29, 1.82) is 0 Å². The molecular weight excluding hydrogens is 499 g/mol. The normalized spacial score (nSPS) is 11.9. The first-order valence-electron chi connectivity index (χ1n) is 11.3. The SMILES string of the molecule is CC(C)(C)OC(=O)C(C)(C)Oc1ccc(/C=C/C(=O)c2ccc(Oc3ccccc3)cc2)c(Cl)c1Cl. The van der Waals surface area contributed by atoms with Crippen LogP contribution in [0, 0.1) is 0 Å². The van der Waals surface area contributed by atoms with E-state index >= 15 is 0 Å². The molecule has 0 N–H and O–H groups in total. The van der Waals surface area contributed by atoms with Gasteiger partial charge in [-0.2, -0.15) is 0 Å². The van der Waals surface area contributed by atoms with E-state index < -0.39 is 17.2 Å². The van der Waals surface area contributed by atoms with Gasteiger partial charge in [0.2, 0.25) is 0 Å². The van der Waals surface area contributed by atoms with Gasteiger partial charge in [-0.3, -0.25) is 4.79 Å². The number of carbonyl (C=O) groups excluding carboxylic acids is 2. The molecule has 3 aromatic rings. The van der Waals surface area contributed by atoms with E-state index in [2.05, 4.69) is 0 Å². The van der Waals surface area contributed by atoms with Crippen molar-refractivity contribution < 1.29 is 23.8 Å². The highest BCUT2D eigenvalue weighted by molar-refractivity contribution is 6.43. The van der Waals surface area contributed by atoms with E-state index in [9.17, 15) is 9.59 Å². The van der Waals surface area contributed by atoms with E-state index in [-0.39, 0.29) is 21.6 Å². The molecular formula is C29H28Cl2O5. The number of para-hydroxylation sites is 1. The second-order valence-corrected chi connectivity index (χ2v) is 10.3. The second-order valence-electron chi connectivity index (χ2n) is 9.53. The minimum Gasteiger partial charge on any atom is -0.475 e. The molecule has 0 aliphatic carbocycles. The number of rotatable bonds is 8. The Kier molecular flexibility index (Phi) is 8.49. The van der Waals surface area contributed by atoms with Crippen LogP contribution in [0.15, 0.2) is 72.8 Å². The lowest BCUT2D eigenvalue weighted by atomic mass is 10.1. The lowest BCUT2D eigenvalue weighted by Crippen LogP contribution is -2.43. The summed E-state index contributed by atoms with van der Waals surface area (Å²) in [5, 5.41) is 0.329. The van der Waals surface area contributed by atoms with Crippen LogP contribution in [0.5, 0.6) is 17.2 Å². The monoisotopic (exact) mass is 526 g/mol. The molecule has 0 atom stereocenters. The molecule has 0 unspecified atom stereocenters. The second kappa shape index (κ2) is 11.2. The van der Waals surface area contributed by atoms with Crippen LogP contribution in [0.25, 0.3) is 6.08 Å². The van der Waals surface area contributed by atoms with Crippen molar-refractivity contribution in [3.63, 3.8) is 0 Å². The summed E-state index contributed by atoms with van der Waals surface area (Å²) in [6.07, 6.45) is 2.99. The number of hydrogen-bond acceptors (Lipinski definition) is 5. The molecule has 188 valence electrons. The molecule has 0 aromatic heterocycles. The van der Waals surface area contributed by atoms with Crippen LogP contribution in [-0.4, -0.2) is 23.0 Å². The summed E-state index contributed by atoms with van der Waals surface area (Å²) in [5.74, 6) is 0.832. The molecule has 0 aliphatic heterocycles. The number of allylic oxidation sites excluding steroid dienone is 1. The van der Waals surface area contributed by atoms with Crippen LogP contribution in [0.1, 0.15) is 50.5 Å². The highest BCUT2D eigenvalue weighted by Crippen LogP contribution is 2.37. The smallest absolute Gasteiger partial charge is 0.350 e. The number of ether oxygens (including phenoxy) is 3. The van der Waals surface area contributed by atoms with Crippen molar-refractivity contribution in [2.24, 2.45) is 0 Å². The molecule has 0 aliphatic rings. The molecule has 0 radical (unpaired) electrons. The van der Waals surface area contributed by atoms with E-state index in [0.717, 1.165) is 0 Å². The average molecular weight is 527 g/mol. The maximum Gasteiger partial charge on any atom is 0.350 e. The molecule has 0 bridgehead atoms. The third kappa shape index (κ3) is 7.36. The maximum absolute atomic E-state index is 12.6. The standard InChI is InChI=1S/C29H28Cl2O5/c1-28(2,3)36-27(33)29(4,5)35-24-18-14-20(25(30)26(24)31)13-17-23(32)19-11-15-22(16-12-19)34-21-9-7-6-8-10-21/h6-18H,1-5H3/b17-13+. The summed E-state index contributed by atoms with van der Waals surface area (Å²) in [5.41, 5.74) is -0.922. The van der Waals surface area contributed by atoms with E-state index in [4.69, 9.17) is 37.4 Å². The van der Waals surface area contributed by atoms with Crippen LogP contribution in [0.3, 0.4) is 0 Å². The number of halogens is 2. The first-order chi connectivity index (χ1) is 16.9. The van der Waals surface area contributed by atoms with E-state index in [1.54, 1.807) is 77.1 Å². The highest BCUT2D eigenvalue weighted by Gasteiger charge is 2.35. The summed E-state index contributed by atoms with van der Waals surface area (Å²) in [7, 11) is 0. The van der Waals surface area contributed by atoms with Gasteiger partial charge >= 0.3 is 5.97 Å². The third-order valence-corrected chi connectivity index (χ3v) is 5.74. The Hall–Kier alpha value is -3.28. The molecule has 3 rings (SSSR count). The van der Waals surface area contributed by atoms with Gasteiger partial charge in [-0.15, -0.1) is 0 Å². The fraction of sp³-hybridized carbons (Fsp3) is 0.241. The number of esters is 1. The summed E-state index contributed by atoms with van der Waals surface area (Å²) >= 11 is 12.9. The Morgan fingerprint density at radius 2 is 1.39 bits per heavy atom. The molecule has 0 spiro atoms. The summed E-state index contributed by atoms with van der Waals surface area (Å²) in [6.45, 7) is 8.52. The lowest BCUT2D eigenvalue weighted by molar-refractivity contribution is -0.170. The zero-order valence-electron chi connectivity index (χ0n) is 20.8. The van der Waals surface area contributed by atoms with Gasteiger partial charge in [-0.1, -0.05) is 41.4 Å². The summed E-state index contributed by atoms with van der Waals surface area (Å²) in [4.78, 5) is 25.1. The Labute approximate surface area is 221 Å². The average Bonchev–Trinajstić information content (AvgIpc) is 2.81. The Balaban J connectivity index is 1.69. The Morgan fingerprint density at radius 3 is 2.00 bits per heavy atom. The molecule has 5 nitrogen and oxygen atoms in total. The Bertz CT molecular complexity index is 1260. The fourth-order valence-corrected chi connectivity index (χ4v) is 3.48. The van der Waals surface area contributed by atoms with Crippen molar-refractivity contribution in [3.05, 3.63) is 94.0 Å². The van der Waals surface area contributed by atoms with Gasteiger partial charge in [0.25, 0.3) is 0 Å². The number of benzene rings is 3.